The number of carbonyl (C=O) groups excluding carboxylic acids is 3. The van der Waals surface area contributed by atoms with Gasteiger partial charge in [0.2, 0.25) is 0 Å². The second-order valence-electron chi connectivity index (χ2n) is 8.75. The molecule has 3 aromatic rings. The Balaban J connectivity index is 1.55. The van der Waals surface area contributed by atoms with E-state index < -0.39 is 11.7 Å². The van der Waals surface area contributed by atoms with Crippen molar-refractivity contribution < 1.29 is 23.5 Å². The van der Waals surface area contributed by atoms with Crippen molar-refractivity contribution in [3.8, 4) is 0 Å². The number of halogens is 2. The monoisotopic (exact) mass is 499 g/mol. The van der Waals surface area contributed by atoms with E-state index in [4.69, 9.17) is 16.3 Å². The van der Waals surface area contributed by atoms with Crippen LogP contribution in [0.5, 0.6) is 0 Å². The molecule has 0 spiro atoms. The van der Waals surface area contributed by atoms with Gasteiger partial charge in [-0.2, -0.15) is 0 Å². The minimum absolute atomic E-state index is 0.155. The summed E-state index contributed by atoms with van der Waals surface area (Å²) in [6, 6.07) is 9.76. The molecule has 1 N–H and O–H groups in total. The number of amides is 2. The number of ketones is 1. The van der Waals surface area contributed by atoms with Crippen molar-refractivity contribution in [2.75, 3.05) is 27.2 Å². The molecule has 2 aromatic carbocycles. The highest BCUT2D eigenvalue weighted by Crippen LogP contribution is 2.31. The molecular formula is C26H27ClFN3O4. The number of hydrogen-bond donors (Lipinski definition) is 1. The molecule has 1 saturated heterocycles. The molecule has 0 saturated carbocycles. The fourth-order valence-electron chi connectivity index (χ4n) is 4.60. The Bertz CT molecular complexity index is 1260. The predicted octanol–water partition coefficient (Wildman–Crippen LogP) is 4.06. The standard InChI is InChI=1S/C26H27ClFN3O4/c1-29-25(33)24(32)21-14-31(15-35-2)23-13-22(27)20(12-19(21)23)26(34)30-9-7-17(8-10-30)11-16-3-5-18(28)6-4-16/h3-6,12-14,17H,7-11,15H2,1-2H3,(H,29,33). The Hall–Kier alpha value is -3.23. The van der Waals surface area contributed by atoms with Gasteiger partial charge in [0.05, 0.1) is 21.7 Å². The van der Waals surface area contributed by atoms with Gasteiger partial charge >= 0.3 is 0 Å². The molecule has 0 bridgehead atoms. The Morgan fingerprint density at radius 3 is 2.43 bits per heavy atom. The van der Waals surface area contributed by atoms with E-state index in [2.05, 4.69) is 5.32 Å². The van der Waals surface area contributed by atoms with Crippen LogP contribution in [-0.4, -0.2) is 54.3 Å². The molecule has 1 fully saturated rings. The number of ether oxygens (including phenoxy) is 1. The molecule has 35 heavy (non-hydrogen) atoms. The number of nitrogens with one attached hydrogen (secondary N) is 1. The first-order chi connectivity index (χ1) is 16.8. The molecule has 0 unspecified atom stereocenters. The topological polar surface area (TPSA) is 80.6 Å². The zero-order valence-electron chi connectivity index (χ0n) is 19.6. The number of fused-ring (bicyclic) bond motifs is 1. The Morgan fingerprint density at radius 2 is 1.80 bits per heavy atom. The highest BCUT2D eigenvalue weighted by atomic mass is 35.5. The van der Waals surface area contributed by atoms with E-state index in [1.54, 1.807) is 33.7 Å². The Kier molecular flexibility index (Phi) is 7.52. The van der Waals surface area contributed by atoms with Gasteiger partial charge in [-0.1, -0.05) is 23.7 Å². The maximum atomic E-state index is 13.4. The number of likely N-dealkylation sites (tertiary alicyclic amines) is 1. The number of hydrogen-bond acceptors (Lipinski definition) is 4. The third kappa shape index (κ3) is 5.23. The molecule has 9 heteroatoms. The number of piperidine rings is 1. The van der Waals surface area contributed by atoms with Crippen LogP contribution >= 0.6 is 11.6 Å². The van der Waals surface area contributed by atoms with Gasteiger partial charge in [0.15, 0.2) is 0 Å². The first kappa shape index (κ1) is 24.9. The van der Waals surface area contributed by atoms with Gasteiger partial charge in [-0.25, -0.2) is 4.39 Å². The molecule has 184 valence electrons. The fourth-order valence-corrected chi connectivity index (χ4v) is 4.84. The normalized spacial score (nSPS) is 14.3. The molecule has 0 atom stereocenters. The van der Waals surface area contributed by atoms with Crippen LogP contribution in [0.15, 0.2) is 42.6 Å². The van der Waals surface area contributed by atoms with Crippen molar-refractivity contribution in [2.24, 2.45) is 5.92 Å². The number of Topliss-reactive ketones (excluding diaryl/α,β-unsaturated/α-hetero) is 1. The van der Waals surface area contributed by atoms with E-state index in [9.17, 15) is 18.8 Å². The average molecular weight is 500 g/mol. The molecule has 7 nitrogen and oxygen atoms in total. The lowest BCUT2D eigenvalue weighted by molar-refractivity contribution is -0.116. The first-order valence-electron chi connectivity index (χ1n) is 11.4. The van der Waals surface area contributed by atoms with Gasteiger partial charge in [0.25, 0.3) is 17.6 Å². The molecule has 4 rings (SSSR count). The van der Waals surface area contributed by atoms with Crippen LogP contribution in [0.3, 0.4) is 0 Å². The smallest absolute Gasteiger partial charge is 0.292 e. The van der Waals surface area contributed by atoms with Crippen molar-refractivity contribution in [2.45, 2.75) is 26.0 Å². The lowest BCUT2D eigenvalue weighted by Gasteiger charge is -2.32. The SMILES string of the molecule is CNC(=O)C(=O)c1cn(COC)c2cc(Cl)c(C(=O)N3CCC(Cc4ccc(F)cc4)CC3)cc12. The molecule has 0 aliphatic carbocycles. The summed E-state index contributed by atoms with van der Waals surface area (Å²) in [5.74, 6) is -1.50. The third-order valence-corrected chi connectivity index (χ3v) is 6.80. The van der Waals surface area contributed by atoms with Crippen molar-refractivity contribution in [1.82, 2.24) is 14.8 Å². The largest absolute Gasteiger partial charge is 0.364 e. The minimum atomic E-state index is -0.743. The molecule has 0 radical (unpaired) electrons. The second kappa shape index (κ2) is 10.6. The number of rotatable bonds is 7. The van der Waals surface area contributed by atoms with E-state index >= 15 is 0 Å². The van der Waals surface area contributed by atoms with Crippen molar-refractivity contribution in [1.29, 1.82) is 0 Å². The summed E-state index contributed by atoms with van der Waals surface area (Å²) in [5, 5.41) is 3.08. The van der Waals surface area contributed by atoms with Crippen molar-refractivity contribution in [3.63, 3.8) is 0 Å². The summed E-state index contributed by atoms with van der Waals surface area (Å²) in [5.41, 5.74) is 2.15. The number of benzene rings is 2. The number of nitrogens with zero attached hydrogens (tertiary/aromatic N) is 2. The van der Waals surface area contributed by atoms with Crippen LogP contribution in [0.25, 0.3) is 10.9 Å². The van der Waals surface area contributed by atoms with Gasteiger partial charge in [-0.15, -0.1) is 0 Å². The Labute approximate surface area is 207 Å². The average Bonchev–Trinajstić information content (AvgIpc) is 3.21. The lowest BCUT2D eigenvalue weighted by atomic mass is 9.90. The van der Waals surface area contributed by atoms with Crippen LogP contribution in [-0.2, 0) is 22.7 Å². The highest BCUT2D eigenvalue weighted by Gasteiger charge is 2.27. The van der Waals surface area contributed by atoms with Crippen molar-refractivity contribution in [3.05, 3.63) is 70.1 Å². The van der Waals surface area contributed by atoms with E-state index in [0.29, 0.717) is 29.9 Å². The second-order valence-corrected chi connectivity index (χ2v) is 9.16. The lowest BCUT2D eigenvalue weighted by Crippen LogP contribution is -2.39. The van der Waals surface area contributed by atoms with E-state index in [1.165, 1.54) is 32.5 Å². The summed E-state index contributed by atoms with van der Waals surface area (Å²) >= 11 is 6.52. The fraction of sp³-hybridized carbons (Fsp3) is 0.346. The van der Waals surface area contributed by atoms with Crippen LogP contribution in [0.1, 0.15) is 39.1 Å². The maximum Gasteiger partial charge on any atom is 0.292 e. The number of carbonyl (C=O) groups is 3. The van der Waals surface area contributed by atoms with Gasteiger partial charge in [-0.05, 0) is 55.0 Å². The van der Waals surface area contributed by atoms with Gasteiger partial charge in [0, 0.05) is 38.8 Å². The van der Waals surface area contributed by atoms with Crippen LogP contribution in [0, 0.1) is 11.7 Å². The number of likely N-dealkylation sites (N-methyl/N-ethyl adjacent to an activating group) is 1. The summed E-state index contributed by atoms with van der Waals surface area (Å²) in [7, 11) is 2.91. The zero-order chi connectivity index (χ0) is 25.1. The number of methoxy groups -OCH3 is 1. The molecule has 1 aliphatic rings. The molecule has 2 heterocycles. The molecule has 2 amide bonds. The molecular weight excluding hydrogens is 473 g/mol. The predicted molar refractivity (Wildman–Crippen MR) is 131 cm³/mol. The first-order valence-corrected chi connectivity index (χ1v) is 11.8. The highest BCUT2D eigenvalue weighted by molar-refractivity contribution is 6.45. The summed E-state index contributed by atoms with van der Waals surface area (Å²) < 4.78 is 20.0. The molecule has 1 aromatic heterocycles. The zero-order valence-corrected chi connectivity index (χ0v) is 20.4. The summed E-state index contributed by atoms with van der Waals surface area (Å²) in [6.07, 6.45) is 4.03. The Morgan fingerprint density at radius 1 is 1.11 bits per heavy atom. The quantitative estimate of drug-likeness (QED) is 0.392. The van der Waals surface area contributed by atoms with E-state index in [-0.39, 0.29) is 34.6 Å². The minimum Gasteiger partial charge on any atom is -0.364 e. The van der Waals surface area contributed by atoms with Gasteiger partial charge in [-0.3, -0.25) is 14.4 Å². The van der Waals surface area contributed by atoms with E-state index in [1.807, 2.05) is 0 Å². The van der Waals surface area contributed by atoms with Gasteiger partial charge in [0.1, 0.15) is 12.5 Å². The van der Waals surface area contributed by atoms with E-state index in [0.717, 1.165) is 24.8 Å². The van der Waals surface area contributed by atoms with Crippen LogP contribution in [0.2, 0.25) is 5.02 Å². The van der Waals surface area contributed by atoms with Crippen molar-refractivity contribution >= 4 is 40.1 Å². The summed E-state index contributed by atoms with van der Waals surface area (Å²) in [6.45, 7) is 1.31. The molecule has 1 aliphatic heterocycles. The maximum absolute atomic E-state index is 13.4. The van der Waals surface area contributed by atoms with Crippen LogP contribution < -0.4 is 5.32 Å². The summed E-state index contributed by atoms with van der Waals surface area (Å²) in [4.78, 5) is 39.8. The third-order valence-electron chi connectivity index (χ3n) is 6.49. The van der Waals surface area contributed by atoms with Gasteiger partial charge < -0.3 is 19.5 Å². The number of aromatic nitrogens is 1. The van der Waals surface area contributed by atoms with Crippen LogP contribution in [0.4, 0.5) is 4.39 Å².